The van der Waals surface area contributed by atoms with E-state index in [1.165, 1.54) is 0 Å². The molecule has 0 bridgehead atoms. The monoisotopic (exact) mass is 688 g/mol. The molecule has 12 heteroatoms. The van der Waals surface area contributed by atoms with Gasteiger partial charge in [-0.3, -0.25) is 4.68 Å². The van der Waals surface area contributed by atoms with Gasteiger partial charge in [0.05, 0.1) is 31.5 Å². The van der Waals surface area contributed by atoms with Gasteiger partial charge >= 0.3 is 5.69 Å². The highest BCUT2D eigenvalue weighted by molar-refractivity contribution is 5.55. The minimum Gasteiger partial charge on any atom is -0.491 e. The molecule has 5 aromatic rings. The van der Waals surface area contributed by atoms with E-state index in [1.54, 1.807) is 32.5 Å². The van der Waals surface area contributed by atoms with Crippen LogP contribution in [-0.2, 0) is 21.8 Å². The van der Waals surface area contributed by atoms with Crippen LogP contribution in [0.3, 0.4) is 0 Å². The van der Waals surface area contributed by atoms with Crippen LogP contribution in [0, 0.1) is 13.5 Å². The largest absolute Gasteiger partial charge is 0.491 e. The Hall–Kier alpha value is -5.38. The molecule has 0 amide bonds. The smallest absolute Gasteiger partial charge is 0.350 e. The van der Waals surface area contributed by atoms with E-state index in [0.717, 1.165) is 73.0 Å². The highest BCUT2D eigenvalue weighted by Gasteiger charge is 2.45. The molecule has 0 N–H and O–H groups in total. The molecule has 2 atom stereocenters. The summed E-state index contributed by atoms with van der Waals surface area (Å²) >= 11 is 0. The van der Waals surface area contributed by atoms with Crippen LogP contribution >= 0.6 is 0 Å². The van der Waals surface area contributed by atoms with E-state index in [0.29, 0.717) is 25.4 Å². The van der Waals surface area contributed by atoms with Crippen molar-refractivity contribution < 1.29 is 14.2 Å². The summed E-state index contributed by atoms with van der Waals surface area (Å²) in [6.45, 7) is 18.2. The fraction of sp³-hybridized carbons (Fsp3) is 0.385. The van der Waals surface area contributed by atoms with Gasteiger partial charge < -0.3 is 24.0 Å². The van der Waals surface area contributed by atoms with Crippen LogP contribution in [0.5, 0.6) is 5.75 Å². The quantitative estimate of drug-likeness (QED) is 0.145. The van der Waals surface area contributed by atoms with Crippen LogP contribution in [0.25, 0.3) is 10.5 Å². The molecule has 2 aliphatic rings. The van der Waals surface area contributed by atoms with Crippen LogP contribution in [-0.4, -0.2) is 69.6 Å². The lowest BCUT2D eigenvalue weighted by Gasteiger charge is -2.37. The molecule has 2 saturated heterocycles. The molecule has 0 spiro atoms. The molecule has 0 radical (unpaired) electrons. The number of aryl methyl sites for hydroxylation is 1. The van der Waals surface area contributed by atoms with Crippen LogP contribution in [0.4, 0.5) is 17.1 Å². The SMILES string of the molecule is [C-]#[N+]c1ccc([C@]2(Cn3cccn3)OC[C@@H](COc3ccc(N4CCN(c5ccc(-n6cnn(C(CC)CC)c6=O)cc5)CC4)cc3)O2)c(C)c1. The van der Waals surface area contributed by atoms with E-state index >= 15 is 0 Å². The summed E-state index contributed by atoms with van der Waals surface area (Å²) in [5, 5.41) is 8.76. The maximum absolute atomic E-state index is 13.0. The molecular weight excluding hydrogens is 644 g/mol. The summed E-state index contributed by atoms with van der Waals surface area (Å²) in [5.74, 6) is -0.261. The first-order valence-electron chi connectivity index (χ1n) is 17.7. The zero-order valence-corrected chi connectivity index (χ0v) is 29.4. The van der Waals surface area contributed by atoms with E-state index in [2.05, 4.69) is 63.0 Å². The van der Waals surface area contributed by atoms with Crippen molar-refractivity contribution in [2.24, 2.45) is 0 Å². The van der Waals surface area contributed by atoms with Gasteiger partial charge in [0.2, 0.25) is 5.79 Å². The van der Waals surface area contributed by atoms with Gasteiger partial charge in [0, 0.05) is 55.5 Å². The highest BCUT2D eigenvalue weighted by atomic mass is 16.8. The van der Waals surface area contributed by atoms with Gasteiger partial charge in [0.25, 0.3) is 0 Å². The van der Waals surface area contributed by atoms with Crippen molar-refractivity contribution >= 4 is 17.1 Å². The molecular formula is C39H44N8O4. The molecule has 0 unspecified atom stereocenters. The van der Waals surface area contributed by atoms with Gasteiger partial charge in [-0.05, 0) is 74.4 Å². The molecule has 2 fully saturated rings. The number of hydrogen-bond acceptors (Lipinski definition) is 8. The Labute approximate surface area is 298 Å². The van der Waals surface area contributed by atoms with Crippen LogP contribution in [0.1, 0.15) is 43.9 Å². The van der Waals surface area contributed by atoms with Crippen molar-refractivity contribution in [1.82, 2.24) is 24.1 Å². The zero-order valence-electron chi connectivity index (χ0n) is 29.4. The van der Waals surface area contributed by atoms with Crippen molar-refractivity contribution in [3.05, 3.63) is 125 Å². The van der Waals surface area contributed by atoms with Crippen LogP contribution < -0.4 is 20.2 Å². The highest BCUT2D eigenvalue weighted by Crippen LogP contribution is 2.39. The Bertz CT molecular complexity index is 2000. The van der Waals surface area contributed by atoms with Crippen molar-refractivity contribution in [3.8, 4) is 11.4 Å². The second-order valence-corrected chi connectivity index (χ2v) is 13.1. The number of rotatable bonds is 12. The van der Waals surface area contributed by atoms with Crippen molar-refractivity contribution in [2.75, 3.05) is 49.2 Å². The fourth-order valence-electron chi connectivity index (χ4n) is 7.08. The Morgan fingerprint density at radius 3 is 2.22 bits per heavy atom. The lowest BCUT2D eigenvalue weighted by atomic mass is 9.99. The van der Waals surface area contributed by atoms with E-state index in [9.17, 15) is 4.79 Å². The molecule has 12 nitrogen and oxygen atoms in total. The average Bonchev–Trinajstić information content (AvgIpc) is 3.93. The van der Waals surface area contributed by atoms with E-state index in [1.807, 2.05) is 55.6 Å². The third kappa shape index (κ3) is 7.13. The Kier molecular flexibility index (Phi) is 9.92. The standard InChI is InChI=1S/C39H44N8O4/c1-5-31(6-2)47-38(48)46(28-42-47)34-11-9-32(10-12-34)43-20-22-44(23-21-43)33-13-15-35(16-14-33)49-25-36-26-50-39(51-36,27-45-19-7-18-41-45)37-17-8-30(40-4)24-29(37)3/h7-19,24,28,31,36H,5-6,20-23,25-27H2,1-3H3/t36-,39-/m1/s1. The first-order chi connectivity index (χ1) is 24.9. The number of anilines is 2. The Morgan fingerprint density at radius 1 is 0.941 bits per heavy atom. The van der Waals surface area contributed by atoms with Crippen LogP contribution in [0.2, 0.25) is 0 Å². The lowest BCUT2D eigenvalue weighted by molar-refractivity contribution is -0.191. The summed E-state index contributed by atoms with van der Waals surface area (Å²) < 4.78 is 24.2. The summed E-state index contributed by atoms with van der Waals surface area (Å²) in [6, 6.07) is 24.0. The van der Waals surface area contributed by atoms with Gasteiger partial charge in [-0.15, -0.1) is 0 Å². The van der Waals surface area contributed by atoms with Crippen molar-refractivity contribution in [3.63, 3.8) is 0 Å². The molecule has 2 aromatic heterocycles. The Balaban J connectivity index is 0.927. The summed E-state index contributed by atoms with van der Waals surface area (Å²) in [6.07, 6.45) is 6.71. The normalized spacial score (nSPS) is 19.1. The van der Waals surface area contributed by atoms with E-state index in [4.69, 9.17) is 20.8 Å². The summed E-state index contributed by atoms with van der Waals surface area (Å²) in [5.41, 5.74) is 5.42. The second kappa shape index (κ2) is 14.8. The molecule has 0 aliphatic carbocycles. The van der Waals surface area contributed by atoms with Crippen LogP contribution in [0.15, 0.2) is 96.3 Å². The maximum Gasteiger partial charge on any atom is 0.350 e. The predicted octanol–water partition coefficient (Wildman–Crippen LogP) is 6.12. The first kappa shape index (κ1) is 34.1. The Morgan fingerprint density at radius 2 is 1.61 bits per heavy atom. The van der Waals surface area contributed by atoms with Gasteiger partial charge in [-0.25, -0.2) is 18.9 Å². The van der Waals surface area contributed by atoms with E-state index in [-0.39, 0.29) is 17.8 Å². The maximum atomic E-state index is 13.0. The number of aromatic nitrogens is 5. The number of ether oxygens (including phenoxy) is 3. The molecule has 0 saturated carbocycles. The van der Waals surface area contributed by atoms with Gasteiger partial charge in [0.15, 0.2) is 5.69 Å². The van der Waals surface area contributed by atoms with Gasteiger partial charge in [-0.1, -0.05) is 37.6 Å². The van der Waals surface area contributed by atoms with Gasteiger partial charge in [-0.2, -0.15) is 10.2 Å². The minimum absolute atomic E-state index is 0.0960. The molecule has 3 aromatic carbocycles. The van der Waals surface area contributed by atoms with Crippen molar-refractivity contribution in [2.45, 2.75) is 58.1 Å². The lowest BCUT2D eigenvalue weighted by Crippen LogP contribution is -2.46. The summed E-state index contributed by atoms with van der Waals surface area (Å²) in [7, 11) is 0. The average molecular weight is 689 g/mol. The van der Waals surface area contributed by atoms with Gasteiger partial charge in [0.1, 0.15) is 24.8 Å². The third-order valence-corrected chi connectivity index (χ3v) is 9.93. The minimum atomic E-state index is -1.03. The first-order valence-corrected chi connectivity index (χ1v) is 17.7. The zero-order chi connectivity index (χ0) is 35.4. The number of benzene rings is 3. The predicted molar refractivity (Wildman–Crippen MR) is 196 cm³/mol. The molecule has 7 rings (SSSR count). The third-order valence-electron chi connectivity index (χ3n) is 9.93. The van der Waals surface area contributed by atoms with E-state index < -0.39 is 5.79 Å². The molecule has 51 heavy (non-hydrogen) atoms. The summed E-state index contributed by atoms with van der Waals surface area (Å²) in [4.78, 5) is 21.3. The molecule has 2 aliphatic heterocycles. The number of piperazine rings is 1. The number of hydrogen-bond donors (Lipinski definition) is 0. The second-order valence-electron chi connectivity index (χ2n) is 13.1. The fourth-order valence-corrected chi connectivity index (χ4v) is 7.08. The topological polar surface area (TPSA) is 96.2 Å². The molecule has 264 valence electrons. The number of nitrogens with zero attached hydrogens (tertiary/aromatic N) is 8. The van der Waals surface area contributed by atoms with Crippen molar-refractivity contribution in [1.29, 1.82) is 0 Å². The molecule has 4 heterocycles.